The van der Waals surface area contributed by atoms with E-state index in [-0.39, 0.29) is 12.0 Å². The highest BCUT2D eigenvalue weighted by molar-refractivity contribution is 7.12. The van der Waals surface area contributed by atoms with Gasteiger partial charge in [-0.15, -0.1) is 11.3 Å². The summed E-state index contributed by atoms with van der Waals surface area (Å²) >= 11 is 1.47. The summed E-state index contributed by atoms with van der Waals surface area (Å²) in [6, 6.07) is 10.0. The van der Waals surface area contributed by atoms with E-state index < -0.39 is 0 Å². The van der Waals surface area contributed by atoms with E-state index in [4.69, 9.17) is 9.47 Å². The Morgan fingerprint density at radius 2 is 1.93 bits per heavy atom. The summed E-state index contributed by atoms with van der Waals surface area (Å²) in [6.07, 6.45) is -0.227. The van der Waals surface area contributed by atoms with Gasteiger partial charge >= 0.3 is 6.09 Å². The summed E-state index contributed by atoms with van der Waals surface area (Å²) in [7, 11) is 0. The highest BCUT2D eigenvalue weighted by Crippen LogP contribution is 2.26. The molecule has 1 fully saturated rings. The smallest absolute Gasteiger partial charge is 0.409 e. The molecule has 0 aliphatic carbocycles. The molecule has 1 aromatic heterocycles. The maximum absolute atomic E-state index is 12.8. The van der Waals surface area contributed by atoms with Gasteiger partial charge in [-0.2, -0.15) is 0 Å². The van der Waals surface area contributed by atoms with Crippen LogP contribution in [0.2, 0.25) is 0 Å². The van der Waals surface area contributed by atoms with Gasteiger partial charge < -0.3 is 19.3 Å². The van der Waals surface area contributed by atoms with Gasteiger partial charge in [-0.25, -0.2) is 4.79 Å². The second-order valence-corrected chi connectivity index (χ2v) is 8.40. The van der Waals surface area contributed by atoms with E-state index in [1.54, 1.807) is 4.90 Å². The zero-order valence-corrected chi connectivity index (χ0v) is 18.0. The molecule has 0 unspecified atom stereocenters. The van der Waals surface area contributed by atoms with Crippen molar-refractivity contribution in [3.05, 3.63) is 51.7 Å². The number of nitrogens with zero attached hydrogens (tertiary/aromatic N) is 3. The molecule has 7 nitrogen and oxygen atoms in total. The van der Waals surface area contributed by atoms with Gasteiger partial charge in [-0.05, 0) is 36.1 Å². The molecule has 4 rings (SSSR count). The molecule has 0 spiro atoms. The Morgan fingerprint density at radius 3 is 2.67 bits per heavy atom. The van der Waals surface area contributed by atoms with Gasteiger partial charge in [0.1, 0.15) is 12.4 Å². The van der Waals surface area contributed by atoms with Crippen LogP contribution in [0.4, 0.5) is 4.79 Å². The maximum atomic E-state index is 12.8. The van der Waals surface area contributed by atoms with E-state index >= 15 is 0 Å². The Labute approximate surface area is 180 Å². The van der Waals surface area contributed by atoms with Crippen LogP contribution >= 0.6 is 11.3 Å². The number of hydrogen-bond acceptors (Lipinski definition) is 6. The van der Waals surface area contributed by atoms with Gasteiger partial charge in [0.2, 0.25) is 0 Å². The van der Waals surface area contributed by atoms with Gasteiger partial charge in [0.15, 0.2) is 0 Å². The molecule has 2 aliphatic rings. The largest absolute Gasteiger partial charge is 0.491 e. The molecule has 0 atom stereocenters. The van der Waals surface area contributed by atoms with Gasteiger partial charge in [-0.1, -0.05) is 12.1 Å². The SMILES string of the molecule is CCOC(=O)N1CCN(Cc2ccc3c(c2)CN(C(=O)c2cccs2)CCO3)CC1. The standard InChI is InChI=1S/C22H27N3O4S/c1-2-28-22(27)24-9-7-23(8-10-24)15-17-5-6-19-18(14-17)16-25(11-12-29-19)21(26)20-4-3-13-30-20/h3-6,13-14H,2,7-12,15-16H2,1H3. The molecule has 2 aliphatic heterocycles. The van der Waals surface area contributed by atoms with E-state index in [0.717, 1.165) is 35.8 Å². The minimum absolute atomic E-state index is 0.0574. The third-order valence-corrected chi connectivity index (χ3v) is 6.29. The van der Waals surface area contributed by atoms with Crippen molar-refractivity contribution >= 4 is 23.3 Å². The van der Waals surface area contributed by atoms with Crippen LogP contribution in [0.25, 0.3) is 0 Å². The fourth-order valence-corrected chi connectivity index (χ4v) is 4.53. The monoisotopic (exact) mass is 429 g/mol. The number of carbonyl (C=O) groups excluding carboxylic acids is 2. The van der Waals surface area contributed by atoms with Crippen molar-refractivity contribution in [3.63, 3.8) is 0 Å². The third-order valence-electron chi connectivity index (χ3n) is 5.43. The number of piperazine rings is 1. The quantitative estimate of drug-likeness (QED) is 0.748. The molecule has 3 heterocycles. The first-order valence-electron chi connectivity index (χ1n) is 10.4. The Kier molecular flexibility index (Phi) is 6.54. The fraction of sp³-hybridized carbons (Fsp3) is 0.455. The number of thiophene rings is 1. The lowest BCUT2D eigenvalue weighted by Gasteiger charge is -2.34. The Bertz CT molecular complexity index is 879. The molecule has 1 aromatic carbocycles. The van der Waals surface area contributed by atoms with E-state index in [1.807, 2.05) is 35.4 Å². The molecule has 8 heteroatoms. The summed E-state index contributed by atoms with van der Waals surface area (Å²) in [6.45, 7) is 7.65. The first-order chi connectivity index (χ1) is 14.6. The topological polar surface area (TPSA) is 62.3 Å². The third kappa shape index (κ3) is 4.76. The maximum Gasteiger partial charge on any atom is 0.409 e. The predicted octanol–water partition coefficient (Wildman–Crippen LogP) is 3.06. The van der Waals surface area contributed by atoms with Crippen LogP contribution < -0.4 is 4.74 Å². The minimum atomic E-state index is -0.227. The second-order valence-electron chi connectivity index (χ2n) is 7.46. The van der Waals surface area contributed by atoms with E-state index in [1.165, 1.54) is 16.9 Å². The predicted molar refractivity (Wildman–Crippen MR) is 115 cm³/mol. The normalized spacial score (nSPS) is 17.1. The first-order valence-corrected chi connectivity index (χ1v) is 11.2. The van der Waals surface area contributed by atoms with Crippen molar-refractivity contribution in [2.24, 2.45) is 0 Å². The summed E-state index contributed by atoms with van der Waals surface area (Å²) in [5.74, 6) is 0.911. The molecule has 0 N–H and O–H groups in total. The first kappa shape index (κ1) is 20.7. The molecule has 0 radical (unpaired) electrons. The lowest BCUT2D eigenvalue weighted by atomic mass is 10.1. The van der Waals surface area contributed by atoms with Crippen molar-refractivity contribution in [2.75, 3.05) is 45.9 Å². The Hall–Kier alpha value is -2.58. The molecule has 0 bridgehead atoms. The number of rotatable bonds is 4. The van der Waals surface area contributed by atoms with Crippen LogP contribution in [0.3, 0.4) is 0 Å². The fourth-order valence-electron chi connectivity index (χ4n) is 3.84. The molecule has 0 saturated carbocycles. The van der Waals surface area contributed by atoms with Crippen LogP contribution in [0, 0.1) is 0 Å². The van der Waals surface area contributed by atoms with Crippen molar-refractivity contribution in [1.82, 2.24) is 14.7 Å². The van der Waals surface area contributed by atoms with Crippen LogP contribution in [0.1, 0.15) is 27.7 Å². The average Bonchev–Trinajstić information content (AvgIpc) is 3.21. The van der Waals surface area contributed by atoms with E-state index in [9.17, 15) is 9.59 Å². The van der Waals surface area contributed by atoms with Gasteiger partial charge in [0, 0.05) is 44.8 Å². The van der Waals surface area contributed by atoms with Crippen LogP contribution in [0.5, 0.6) is 5.75 Å². The van der Waals surface area contributed by atoms with Crippen molar-refractivity contribution in [3.8, 4) is 5.75 Å². The van der Waals surface area contributed by atoms with Crippen molar-refractivity contribution in [1.29, 1.82) is 0 Å². The Morgan fingerprint density at radius 1 is 1.10 bits per heavy atom. The van der Waals surface area contributed by atoms with E-state index in [2.05, 4.69) is 17.0 Å². The molecule has 2 amide bonds. The number of hydrogen-bond donors (Lipinski definition) is 0. The number of ether oxygens (including phenoxy) is 2. The highest BCUT2D eigenvalue weighted by Gasteiger charge is 2.24. The van der Waals surface area contributed by atoms with Gasteiger partial charge in [0.25, 0.3) is 5.91 Å². The molecular weight excluding hydrogens is 402 g/mol. The molecule has 2 aromatic rings. The highest BCUT2D eigenvalue weighted by atomic mass is 32.1. The molecule has 1 saturated heterocycles. The minimum Gasteiger partial charge on any atom is -0.491 e. The van der Waals surface area contributed by atoms with Crippen LogP contribution in [-0.2, 0) is 17.8 Å². The average molecular weight is 430 g/mol. The number of carbonyl (C=O) groups is 2. The summed E-state index contributed by atoms with van der Waals surface area (Å²) in [5.41, 5.74) is 2.23. The lowest BCUT2D eigenvalue weighted by Crippen LogP contribution is -2.48. The summed E-state index contributed by atoms with van der Waals surface area (Å²) in [5, 5.41) is 1.93. The van der Waals surface area contributed by atoms with E-state index in [0.29, 0.717) is 39.4 Å². The zero-order valence-electron chi connectivity index (χ0n) is 17.2. The Balaban J connectivity index is 1.39. The summed E-state index contributed by atoms with van der Waals surface area (Å²) < 4.78 is 11.0. The van der Waals surface area contributed by atoms with Crippen molar-refractivity contribution < 1.29 is 19.1 Å². The van der Waals surface area contributed by atoms with Crippen LogP contribution in [0.15, 0.2) is 35.7 Å². The number of amides is 2. The van der Waals surface area contributed by atoms with Crippen LogP contribution in [-0.4, -0.2) is 72.6 Å². The second kappa shape index (κ2) is 9.49. The molecule has 30 heavy (non-hydrogen) atoms. The van der Waals surface area contributed by atoms with Crippen molar-refractivity contribution in [2.45, 2.75) is 20.0 Å². The summed E-state index contributed by atoms with van der Waals surface area (Å²) in [4.78, 5) is 31.4. The molecular formula is C22H27N3O4S. The van der Waals surface area contributed by atoms with Gasteiger partial charge in [0.05, 0.1) is 18.0 Å². The zero-order chi connectivity index (χ0) is 20.9. The number of fused-ring (bicyclic) bond motifs is 1. The number of benzene rings is 1. The van der Waals surface area contributed by atoms with Gasteiger partial charge in [-0.3, -0.25) is 9.69 Å². The lowest BCUT2D eigenvalue weighted by molar-refractivity contribution is 0.0736. The molecule has 160 valence electrons.